The SMILES string of the molecule is CCCCCCCCC/C=C\CCCCCCCCCC(=O)OCCCCCCCCCCCCCC(=O)NC(CO)C(O)/C=C/CCCCCCCCCCCCCCCCCC. The summed E-state index contributed by atoms with van der Waals surface area (Å²) in [7, 11) is 0. The maximum absolute atomic E-state index is 12.5. The lowest BCUT2D eigenvalue weighted by molar-refractivity contribution is -0.143. The monoisotopic (exact) mass is 902 g/mol. The van der Waals surface area contributed by atoms with Crippen LogP contribution in [0.15, 0.2) is 24.3 Å². The summed E-state index contributed by atoms with van der Waals surface area (Å²) < 4.78 is 5.47. The number of unbranched alkanes of at least 4 members (excludes halogenated alkanes) is 40. The van der Waals surface area contributed by atoms with Crippen LogP contribution in [-0.2, 0) is 14.3 Å². The Morgan fingerprint density at radius 3 is 1.11 bits per heavy atom. The lowest BCUT2D eigenvalue weighted by atomic mass is 10.0. The van der Waals surface area contributed by atoms with E-state index in [0.717, 1.165) is 57.8 Å². The molecule has 64 heavy (non-hydrogen) atoms. The molecule has 2 atom stereocenters. The molecule has 3 N–H and O–H groups in total. The van der Waals surface area contributed by atoms with Crippen LogP contribution in [0.5, 0.6) is 0 Å². The highest BCUT2D eigenvalue weighted by Gasteiger charge is 2.18. The molecule has 6 heteroatoms. The van der Waals surface area contributed by atoms with Crippen molar-refractivity contribution < 1.29 is 24.5 Å². The molecule has 1 amide bonds. The Labute approximate surface area is 399 Å². The normalized spacial score (nSPS) is 12.8. The molecule has 0 rings (SSSR count). The van der Waals surface area contributed by atoms with Crippen LogP contribution in [0.4, 0.5) is 0 Å². The number of carbonyl (C=O) groups is 2. The molecule has 0 aliphatic rings. The van der Waals surface area contributed by atoms with Crippen LogP contribution in [0.3, 0.4) is 0 Å². The van der Waals surface area contributed by atoms with Gasteiger partial charge in [0, 0.05) is 12.8 Å². The van der Waals surface area contributed by atoms with E-state index in [9.17, 15) is 19.8 Å². The van der Waals surface area contributed by atoms with Crippen molar-refractivity contribution in [1.29, 1.82) is 0 Å². The highest BCUT2D eigenvalue weighted by Crippen LogP contribution is 2.16. The van der Waals surface area contributed by atoms with Gasteiger partial charge in [0.15, 0.2) is 0 Å². The molecule has 0 aromatic carbocycles. The van der Waals surface area contributed by atoms with E-state index < -0.39 is 12.1 Å². The van der Waals surface area contributed by atoms with Gasteiger partial charge in [-0.3, -0.25) is 9.59 Å². The van der Waals surface area contributed by atoms with E-state index in [2.05, 4.69) is 31.3 Å². The standard InChI is InChI=1S/C58H111NO5/c1-3-5-7-9-11-13-15-17-19-21-23-25-27-30-34-38-42-46-50-56(61)55(54-60)59-57(62)51-47-43-39-35-31-29-33-37-41-45-49-53-64-58(63)52-48-44-40-36-32-28-26-24-22-20-18-16-14-12-10-8-6-4-2/h20,22,46,50,55-56,60-61H,3-19,21,23-45,47-49,51-54H2,1-2H3,(H,59,62)/b22-20-,50-46+. The molecule has 378 valence electrons. The smallest absolute Gasteiger partial charge is 0.305 e. The molecule has 0 aliphatic carbocycles. The first-order chi connectivity index (χ1) is 31.5. The van der Waals surface area contributed by atoms with E-state index in [1.165, 1.54) is 225 Å². The third-order valence-corrected chi connectivity index (χ3v) is 13.2. The van der Waals surface area contributed by atoms with Gasteiger partial charge in [0.25, 0.3) is 0 Å². The minimum absolute atomic E-state index is 0.0179. The number of hydrogen-bond acceptors (Lipinski definition) is 5. The molecular weight excluding hydrogens is 791 g/mol. The van der Waals surface area contributed by atoms with Crippen molar-refractivity contribution in [3.05, 3.63) is 24.3 Å². The second-order valence-electron chi connectivity index (χ2n) is 19.6. The molecule has 0 saturated carbocycles. The number of hydrogen-bond donors (Lipinski definition) is 3. The van der Waals surface area contributed by atoms with Crippen LogP contribution >= 0.6 is 0 Å². The Morgan fingerprint density at radius 1 is 0.422 bits per heavy atom. The lowest BCUT2D eigenvalue weighted by Crippen LogP contribution is -2.45. The molecule has 0 aromatic rings. The van der Waals surface area contributed by atoms with E-state index in [1.54, 1.807) is 6.08 Å². The summed E-state index contributed by atoms with van der Waals surface area (Å²) in [4.78, 5) is 24.5. The fourth-order valence-corrected chi connectivity index (χ4v) is 8.81. The van der Waals surface area contributed by atoms with Crippen LogP contribution in [0.2, 0.25) is 0 Å². The second kappa shape index (κ2) is 54.0. The summed E-state index contributed by atoms with van der Waals surface area (Å²) in [6.45, 7) is 4.87. The minimum Gasteiger partial charge on any atom is -0.466 e. The first-order valence-corrected chi connectivity index (χ1v) is 28.6. The Balaban J connectivity index is 3.49. The van der Waals surface area contributed by atoms with Gasteiger partial charge in [-0.1, -0.05) is 263 Å². The van der Waals surface area contributed by atoms with E-state index in [-0.39, 0.29) is 18.5 Å². The molecule has 6 nitrogen and oxygen atoms in total. The molecule has 0 heterocycles. The number of aliphatic hydroxyl groups excluding tert-OH is 2. The van der Waals surface area contributed by atoms with Gasteiger partial charge in [-0.25, -0.2) is 0 Å². The van der Waals surface area contributed by atoms with Crippen molar-refractivity contribution in [2.45, 2.75) is 321 Å². The second-order valence-corrected chi connectivity index (χ2v) is 19.6. The van der Waals surface area contributed by atoms with Crippen LogP contribution in [0.25, 0.3) is 0 Å². The Bertz CT molecular complexity index is 997. The van der Waals surface area contributed by atoms with E-state index in [4.69, 9.17) is 4.74 Å². The minimum atomic E-state index is -0.857. The van der Waals surface area contributed by atoms with Crippen molar-refractivity contribution in [3.63, 3.8) is 0 Å². The van der Waals surface area contributed by atoms with E-state index in [1.807, 2.05) is 6.08 Å². The molecule has 0 saturated heterocycles. The zero-order valence-corrected chi connectivity index (χ0v) is 43.0. The number of nitrogens with one attached hydrogen (secondary N) is 1. The highest BCUT2D eigenvalue weighted by atomic mass is 16.5. The van der Waals surface area contributed by atoms with Gasteiger partial charge in [-0.15, -0.1) is 0 Å². The number of ether oxygens (including phenoxy) is 1. The Kier molecular flexibility index (Phi) is 52.6. The lowest BCUT2D eigenvalue weighted by Gasteiger charge is -2.20. The molecular formula is C58H111NO5. The van der Waals surface area contributed by atoms with Crippen molar-refractivity contribution in [2.75, 3.05) is 13.2 Å². The average molecular weight is 903 g/mol. The molecule has 0 aliphatic heterocycles. The zero-order chi connectivity index (χ0) is 46.5. The van der Waals surface area contributed by atoms with Gasteiger partial charge in [0.05, 0.1) is 25.4 Å². The summed E-state index contributed by atoms with van der Waals surface area (Å²) in [5.41, 5.74) is 0. The predicted octanol–water partition coefficient (Wildman–Crippen LogP) is 17.5. The van der Waals surface area contributed by atoms with E-state index >= 15 is 0 Å². The van der Waals surface area contributed by atoms with Crippen molar-refractivity contribution >= 4 is 11.9 Å². The maximum Gasteiger partial charge on any atom is 0.305 e. The molecule has 0 bridgehead atoms. The van der Waals surface area contributed by atoms with Crippen LogP contribution in [-0.4, -0.2) is 47.4 Å². The summed E-state index contributed by atoms with van der Waals surface area (Å²) in [6.07, 6.45) is 64.7. The maximum atomic E-state index is 12.5. The van der Waals surface area contributed by atoms with E-state index in [0.29, 0.717) is 19.4 Å². The molecule has 0 radical (unpaired) electrons. The highest BCUT2D eigenvalue weighted by molar-refractivity contribution is 5.76. The predicted molar refractivity (Wildman–Crippen MR) is 278 cm³/mol. The Morgan fingerprint density at radius 2 is 0.734 bits per heavy atom. The third-order valence-electron chi connectivity index (χ3n) is 13.2. The quantitative estimate of drug-likeness (QED) is 0.0321. The first-order valence-electron chi connectivity index (χ1n) is 28.6. The fraction of sp³-hybridized carbons (Fsp3) is 0.897. The van der Waals surface area contributed by atoms with Crippen molar-refractivity contribution in [1.82, 2.24) is 5.32 Å². The largest absolute Gasteiger partial charge is 0.466 e. The summed E-state index contributed by atoms with van der Waals surface area (Å²) in [5.74, 6) is -0.103. The summed E-state index contributed by atoms with van der Waals surface area (Å²) >= 11 is 0. The number of rotatable bonds is 53. The van der Waals surface area contributed by atoms with Crippen molar-refractivity contribution in [2.24, 2.45) is 0 Å². The Hall–Kier alpha value is -1.66. The third kappa shape index (κ3) is 49.8. The van der Waals surface area contributed by atoms with Crippen LogP contribution in [0, 0.1) is 0 Å². The molecule has 0 fully saturated rings. The van der Waals surface area contributed by atoms with Crippen LogP contribution in [0.1, 0.15) is 309 Å². The first kappa shape index (κ1) is 62.3. The van der Waals surface area contributed by atoms with Crippen molar-refractivity contribution in [3.8, 4) is 0 Å². The van der Waals surface area contributed by atoms with Gasteiger partial charge < -0.3 is 20.3 Å². The van der Waals surface area contributed by atoms with Gasteiger partial charge in [0.1, 0.15) is 0 Å². The number of carbonyl (C=O) groups excluding carboxylic acids is 2. The number of amides is 1. The van der Waals surface area contributed by atoms with Crippen LogP contribution < -0.4 is 5.32 Å². The number of allylic oxidation sites excluding steroid dienone is 3. The molecule has 2 unspecified atom stereocenters. The van der Waals surface area contributed by atoms with Gasteiger partial charge in [-0.2, -0.15) is 0 Å². The number of esters is 1. The van der Waals surface area contributed by atoms with Gasteiger partial charge in [-0.05, 0) is 57.8 Å². The average Bonchev–Trinajstić information content (AvgIpc) is 3.29. The fourth-order valence-electron chi connectivity index (χ4n) is 8.81. The number of aliphatic hydroxyl groups is 2. The van der Waals surface area contributed by atoms with Gasteiger partial charge in [0.2, 0.25) is 5.91 Å². The topological polar surface area (TPSA) is 95.9 Å². The molecule has 0 spiro atoms. The van der Waals surface area contributed by atoms with Gasteiger partial charge >= 0.3 is 5.97 Å². The summed E-state index contributed by atoms with van der Waals surface area (Å²) in [6, 6.07) is -0.642. The summed E-state index contributed by atoms with van der Waals surface area (Å²) in [5, 5.41) is 23.1. The molecule has 0 aromatic heterocycles. The zero-order valence-electron chi connectivity index (χ0n) is 43.0.